The topological polar surface area (TPSA) is 40.5 Å². The number of likely N-dealkylation sites (tertiary alicyclic amines) is 1. The highest BCUT2D eigenvalue weighted by atomic mass is 16.3. The lowest BCUT2D eigenvalue weighted by molar-refractivity contribution is -0.132. The summed E-state index contributed by atoms with van der Waals surface area (Å²) in [7, 11) is 0. The van der Waals surface area contributed by atoms with Gasteiger partial charge in [0.15, 0.2) is 0 Å². The monoisotopic (exact) mass is 227 g/mol. The summed E-state index contributed by atoms with van der Waals surface area (Å²) in [5, 5.41) is 8.82. The minimum Gasteiger partial charge on any atom is -0.396 e. The van der Waals surface area contributed by atoms with Crippen molar-refractivity contribution in [3.63, 3.8) is 0 Å². The number of carbonyl (C=O) groups excluding carboxylic acids is 1. The zero-order chi connectivity index (χ0) is 11.8. The van der Waals surface area contributed by atoms with Gasteiger partial charge in [0.2, 0.25) is 5.91 Å². The molecule has 1 aliphatic heterocycles. The van der Waals surface area contributed by atoms with E-state index in [4.69, 9.17) is 5.11 Å². The SMILES string of the molecule is CCCCCC(=O)N1CCCC1CCCO. The molecular weight excluding hydrogens is 202 g/mol. The molecular formula is C13H25NO2. The molecule has 1 atom stereocenters. The number of amides is 1. The fourth-order valence-corrected chi connectivity index (χ4v) is 2.46. The maximum Gasteiger partial charge on any atom is 0.222 e. The number of aliphatic hydroxyl groups is 1. The molecule has 94 valence electrons. The van der Waals surface area contributed by atoms with Gasteiger partial charge >= 0.3 is 0 Å². The summed E-state index contributed by atoms with van der Waals surface area (Å²) >= 11 is 0. The van der Waals surface area contributed by atoms with Crippen molar-refractivity contribution in [2.75, 3.05) is 13.2 Å². The van der Waals surface area contributed by atoms with Crippen LogP contribution in [-0.4, -0.2) is 35.1 Å². The summed E-state index contributed by atoms with van der Waals surface area (Å²) < 4.78 is 0. The first-order valence-corrected chi connectivity index (χ1v) is 6.70. The van der Waals surface area contributed by atoms with Gasteiger partial charge in [-0.05, 0) is 32.1 Å². The maximum absolute atomic E-state index is 12.0. The molecule has 1 unspecified atom stereocenters. The minimum absolute atomic E-state index is 0.244. The van der Waals surface area contributed by atoms with Crippen molar-refractivity contribution in [3.8, 4) is 0 Å². The van der Waals surface area contributed by atoms with Crippen molar-refractivity contribution in [1.29, 1.82) is 0 Å². The molecule has 0 aromatic rings. The van der Waals surface area contributed by atoms with Crippen LogP contribution in [0.4, 0.5) is 0 Å². The van der Waals surface area contributed by atoms with E-state index in [0.717, 1.165) is 45.1 Å². The number of carbonyl (C=O) groups is 1. The van der Waals surface area contributed by atoms with Gasteiger partial charge in [0.25, 0.3) is 0 Å². The average molecular weight is 227 g/mol. The molecule has 0 saturated carbocycles. The summed E-state index contributed by atoms with van der Waals surface area (Å²) in [5.74, 6) is 0.328. The second kappa shape index (κ2) is 7.66. The van der Waals surface area contributed by atoms with E-state index < -0.39 is 0 Å². The number of unbranched alkanes of at least 4 members (excludes halogenated alkanes) is 2. The molecule has 1 saturated heterocycles. The molecule has 0 aromatic heterocycles. The molecule has 0 spiro atoms. The molecule has 1 heterocycles. The summed E-state index contributed by atoms with van der Waals surface area (Å²) in [6, 6.07) is 0.404. The van der Waals surface area contributed by atoms with E-state index >= 15 is 0 Å². The van der Waals surface area contributed by atoms with Crippen LogP contribution in [0, 0.1) is 0 Å². The lowest BCUT2D eigenvalue weighted by atomic mass is 10.1. The first-order valence-electron chi connectivity index (χ1n) is 6.70. The van der Waals surface area contributed by atoms with Crippen LogP contribution in [0.3, 0.4) is 0 Å². The lowest BCUT2D eigenvalue weighted by Crippen LogP contribution is -2.35. The molecule has 0 bridgehead atoms. The van der Waals surface area contributed by atoms with Crippen LogP contribution >= 0.6 is 0 Å². The van der Waals surface area contributed by atoms with Gasteiger partial charge in [-0.1, -0.05) is 19.8 Å². The third-order valence-electron chi connectivity index (χ3n) is 3.39. The number of aliphatic hydroxyl groups excluding tert-OH is 1. The van der Waals surface area contributed by atoms with Crippen molar-refractivity contribution in [2.45, 2.75) is 64.3 Å². The van der Waals surface area contributed by atoms with E-state index in [1.165, 1.54) is 6.42 Å². The van der Waals surface area contributed by atoms with Gasteiger partial charge in [0.05, 0.1) is 0 Å². The van der Waals surface area contributed by atoms with Crippen molar-refractivity contribution in [2.24, 2.45) is 0 Å². The van der Waals surface area contributed by atoms with Crippen LogP contribution in [0.5, 0.6) is 0 Å². The fourth-order valence-electron chi connectivity index (χ4n) is 2.46. The predicted octanol–water partition coefficient (Wildman–Crippen LogP) is 2.33. The van der Waals surface area contributed by atoms with Crippen LogP contribution in [0.15, 0.2) is 0 Å². The Hall–Kier alpha value is -0.570. The third kappa shape index (κ3) is 4.12. The minimum atomic E-state index is 0.244. The van der Waals surface area contributed by atoms with Crippen molar-refractivity contribution in [3.05, 3.63) is 0 Å². The van der Waals surface area contributed by atoms with Gasteiger partial charge in [-0.2, -0.15) is 0 Å². The van der Waals surface area contributed by atoms with E-state index in [9.17, 15) is 4.79 Å². The van der Waals surface area contributed by atoms with E-state index in [1.807, 2.05) is 4.90 Å². The predicted molar refractivity (Wildman–Crippen MR) is 65.2 cm³/mol. The molecule has 16 heavy (non-hydrogen) atoms. The molecule has 1 rings (SSSR count). The van der Waals surface area contributed by atoms with Gasteiger partial charge in [0.1, 0.15) is 0 Å². The molecule has 1 N–H and O–H groups in total. The maximum atomic E-state index is 12.0. The highest BCUT2D eigenvalue weighted by Crippen LogP contribution is 2.22. The summed E-state index contributed by atoms with van der Waals surface area (Å²) in [6.07, 6.45) is 8.11. The van der Waals surface area contributed by atoms with Crippen LogP contribution in [0.1, 0.15) is 58.3 Å². The van der Waals surface area contributed by atoms with Crippen molar-refractivity contribution in [1.82, 2.24) is 4.90 Å². The first kappa shape index (κ1) is 13.5. The Morgan fingerprint density at radius 1 is 1.38 bits per heavy atom. The van der Waals surface area contributed by atoms with E-state index in [2.05, 4.69) is 6.92 Å². The Morgan fingerprint density at radius 3 is 2.88 bits per heavy atom. The zero-order valence-electron chi connectivity index (χ0n) is 10.5. The summed E-state index contributed by atoms with van der Waals surface area (Å²) in [4.78, 5) is 14.0. The average Bonchev–Trinajstić information content (AvgIpc) is 2.74. The van der Waals surface area contributed by atoms with Gasteiger partial charge < -0.3 is 10.0 Å². The Balaban J connectivity index is 2.29. The summed E-state index contributed by atoms with van der Waals surface area (Å²) in [6.45, 7) is 3.33. The highest BCUT2D eigenvalue weighted by Gasteiger charge is 2.27. The molecule has 1 amide bonds. The molecule has 3 heteroatoms. The van der Waals surface area contributed by atoms with Gasteiger partial charge in [0, 0.05) is 25.6 Å². The molecule has 0 radical (unpaired) electrons. The van der Waals surface area contributed by atoms with Crippen molar-refractivity contribution >= 4 is 5.91 Å². The Kier molecular flexibility index (Phi) is 6.46. The van der Waals surface area contributed by atoms with Crippen LogP contribution in [-0.2, 0) is 4.79 Å². The second-order valence-corrected chi connectivity index (χ2v) is 4.71. The largest absolute Gasteiger partial charge is 0.396 e. The normalized spacial score (nSPS) is 20.4. The van der Waals surface area contributed by atoms with Gasteiger partial charge in [-0.15, -0.1) is 0 Å². The smallest absolute Gasteiger partial charge is 0.222 e. The fraction of sp³-hybridized carbons (Fsp3) is 0.923. The van der Waals surface area contributed by atoms with Gasteiger partial charge in [-0.3, -0.25) is 4.79 Å². The molecule has 0 aliphatic carbocycles. The first-order chi connectivity index (χ1) is 7.79. The Morgan fingerprint density at radius 2 is 2.19 bits per heavy atom. The van der Waals surface area contributed by atoms with E-state index in [0.29, 0.717) is 18.4 Å². The highest BCUT2D eigenvalue weighted by molar-refractivity contribution is 5.76. The molecule has 3 nitrogen and oxygen atoms in total. The lowest BCUT2D eigenvalue weighted by Gasteiger charge is -2.24. The van der Waals surface area contributed by atoms with Crippen molar-refractivity contribution < 1.29 is 9.90 Å². The molecule has 1 fully saturated rings. The molecule has 0 aromatic carbocycles. The molecule has 1 aliphatic rings. The number of hydrogen-bond acceptors (Lipinski definition) is 2. The van der Waals surface area contributed by atoms with Gasteiger partial charge in [-0.25, -0.2) is 0 Å². The zero-order valence-corrected chi connectivity index (χ0v) is 10.5. The third-order valence-corrected chi connectivity index (χ3v) is 3.39. The second-order valence-electron chi connectivity index (χ2n) is 4.71. The number of hydrogen-bond donors (Lipinski definition) is 1. The Bertz CT molecular complexity index is 206. The van der Waals surface area contributed by atoms with E-state index in [-0.39, 0.29) is 6.61 Å². The van der Waals surface area contributed by atoms with E-state index in [1.54, 1.807) is 0 Å². The number of rotatable bonds is 7. The standard InChI is InChI=1S/C13H25NO2/c1-2-3-4-9-13(16)14-10-5-7-12(14)8-6-11-15/h12,15H,2-11H2,1H3. The quantitative estimate of drug-likeness (QED) is 0.678. The van der Waals surface area contributed by atoms with Crippen LogP contribution in [0.25, 0.3) is 0 Å². The number of nitrogens with zero attached hydrogens (tertiary/aromatic N) is 1. The summed E-state index contributed by atoms with van der Waals surface area (Å²) in [5.41, 5.74) is 0. The van der Waals surface area contributed by atoms with Crippen LogP contribution in [0.2, 0.25) is 0 Å². The Labute approximate surface area is 98.8 Å². The van der Waals surface area contributed by atoms with Crippen LogP contribution < -0.4 is 0 Å².